The number of rotatable bonds is 4. The third-order valence-corrected chi connectivity index (χ3v) is 3.68. The van der Waals surface area contributed by atoms with E-state index in [-0.39, 0.29) is 5.82 Å². The summed E-state index contributed by atoms with van der Waals surface area (Å²) in [6.45, 7) is 0. The van der Waals surface area contributed by atoms with E-state index in [1.165, 1.54) is 24.5 Å². The SMILES string of the molecule is COc1ccc(C(N)c2sccc2OC)c(F)c1. The molecule has 1 aromatic heterocycles. The van der Waals surface area contributed by atoms with E-state index in [0.29, 0.717) is 17.1 Å². The Hall–Kier alpha value is -1.59. The molecule has 2 aromatic rings. The Labute approximate surface area is 109 Å². The van der Waals surface area contributed by atoms with E-state index < -0.39 is 6.04 Å². The molecule has 0 aliphatic carbocycles. The summed E-state index contributed by atoms with van der Waals surface area (Å²) < 4.78 is 24.1. The fourth-order valence-corrected chi connectivity index (χ4v) is 2.61. The van der Waals surface area contributed by atoms with Crippen LogP contribution in [-0.4, -0.2) is 14.2 Å². The molecule has 0 saturated carbocycles. The maximum Gasteiger partial charge on any atom is 0.134 e. The van der Waals surface area contributed by atoms with E-state index in [1.807, 2.05) is 11.4 Å². The first kappa shape index (κ1) is 12.9. The van der Waals surface area contributed by atoms with Gasteiger partial charge in [-0.2, -0.15) is 0 Å². The Morgan fingerprint density at radius 2 is 2.00 bits per heavy atom. The number of methoxy groups -OCH3 is 2. The summed E-state index contributed by atoms with van der Waals surface area (Å²) in [6.07, 6.45) is 0. The largest absolute Gasteiger partial charge is 0.497 e. The highest BCUT2D eigenvalue weighted by Gasteiger charge is 2.19. The Morgan fingerprint density at radius 3 is 2.61 bits per heavy atom. The zero-order valence-corrected chi connectivity index (χ0v) is 11.0. The van der Waals surface area contributed by atoms with Crippen LogP contribution in [0.2, 0.25) is 0 Å². The van der Waals surface area contributed by atoms with Crippen LogP contribution in [0.1, 0.15) is 16.5 Å². The maximum atomic E-state index is 13.9. The van der Waals surface area contributed by atoms with Crippen LogP contribution >= 0.6 is 11.3 Å². The van der Waals surface area contributed by atoms with Gasteiger partial charge in [0.05, 0.1) is 25.1 Å². The summed E-state index contributed by atoms with van der Waals surface area (Å²) in [5.74, 6) is 0.779. The van der Waals surface area contributed by atoms with E-state index in [2.05, 4.69) is 0 Å². The standard InChI is InChI=1S/C13H14FNO2S/c1-16-8-3-4-9(10(14)7-8)12(15)13-11(17-2)5-6-18-13/h3-7,12H,15H2,1-2H3. The van der Waals surface area contributed by atoms with Gasteiger partial charge in [-0.05, 0) is 17.5 Å². The van der Waals surface area contributed by atoms with Crippen molar-refractivity contribution in [3.63, 3.8) is 0 Å². The third kappa shape index (κ3) is 2.32. The van der Waals surface area contributed by atoms with Crippen molar-refractivity contribution in [1.82, 2.24) is 0 Å². The van der Waals surface area contributed by atoms with Crippen molar-refractivity contribution in [3.05, 3.63) is 45.9 Å². The lowest BCUT2D eigenvalue weighted by molar-refractivity contribution is 0.408. The van der Waals surface area contributed by atoms with E-state index >= 15 is 0 Å². The van der Waals surface area contributed by atoms with Gasteiger partial charge < -0.3 is 15.2 Å². The van der Waals surface area contributed by atoms with Crippen molar-refractivity contribution in [2.45, 2.75) is 6.04 Å². The molecule has 0 aliphatic rings. The average molecular weight is 267 g/mol. The van der Waals surface area contributed by atoms with E-state index in [0.717, 1.165) is 4.88 Å². The Bertz CT molecular complexity index is 542. The molecule has 0 radical (unpaired) electrons. The van der Waals surface area contributed by atoms with Crippen LogP contribution in [0.25, 0.3) is 0 Å². The van der Waals surface area contributed by atoms with Gasteiger partial charge in [0.15, 0.2) is 0 Å². The normalized spacial score (nSPS) is 12.2. The predicted molar refractivity (Wildman–Crippen MR) is 69.9 cm³/mol. The van der Waals surface area contributed by atoms with E-state index in [4.69, 9.17) is 15.2 Å². The first-order chi connectivity index (χ1) is 8.67. The minimum Gasteiger partial charge on any atom is -0.497 e. The highest BCUT2D eigenvalue weighted by atomic mass is 32.1. The van der Waals surface area contributed by atoms with Crippen LogP contribution in [0.4, 0.5) is 4.39 Å². The van der Waals surface area contributed by atoms with Crippen LogP contribution in [0.15, 0.2) is 29.6 Å². The quantitative estimate of drug-likeness (QED) is 0.926. The summed E-state index contributed by atoms with van der Waals surface area (Å²) in [5.41, 5.74) is 6.51. The zero-order valence-electron chi connectivity index (χ0n) is 10.1. The van der Waals surface area contributed by atoms with Gasteiger partial charge in [0.25, 0.3) is 0 Å². The van der Waals surface area contributed by atoms with Crippen molar-refractivity contribution in [2.24, 2.45) is 5.73 Å². The minimum absolute atomic E-state index is 0.377. The molecule has 0 fully saturated rings. The summed E-state index contributed by atoms with van der Waals surface area (Å²) in [7, 11) is 3.07. The lowest BCUT2D eigenvalue weighted by atomic mass is 10.0. The molecular weight excluding hydrogens is 253 g/mol. The number of nitrogens with two attached hydrogens (primary N) is 1. The average Bonchev–Trinajstić information content (AvgIpc) is 2.86. The van der Waals surface area contributed by atoms with Crippen LogP contribution in [0, 0.1) is 5.82 Å². The molecule has 96 valence electrons. The first-order valence-electron chi connectivity index (χ1n) is 5.37. The summed E-state index contributed by atoms with van der Waals surface area (Å²) >= 11 is 1.45. The third-order valence-electron chi connectivity index (χ3n) is 2.70. The predicted octanol–water partition coefficient (Wildman–Crippen LogP) is 2.95. The van der Waals surface area contributed by atoms with Crippen molar-refractivity contribution < 1.29 is 13.9 Å². The number of ether oxygens (including phenoxy) is 2. The van der Waals surface area contributed by atoms with Crippen molar-refractivity contribution in [2.75, 3.05) is 14.2 Å². The van der Waals surface area contributed by atoms with Crippen molar-refractivity contribution in [1.29, 1.82) is 0 Å². The number of halogens is 1. The van der Waals surface area contributed by atoms with Crippen molar-refractivity contribution in [3.8, 4) is 11.5 Å². The minimum atomic E-state index is -0.536. The topological polar surface area (TPSA) is 44.5 Å². The fourth-order valence-electron chi connectivity index (χ4n) is 1.73. The van der Waals surface area contributed by atoms with Crippen molar-refractivity contribution >= 4 is 11.3 Å². The molecule has 0 saturated heterocycles. The molecule has 0 spiro atoms. The number of benzene rings is 1. The summed E-state index contributed by atoms with van der Waals surface area (Å²) in [6, 6.07) is 5.94. The first-order valence-corrected chi connectivity index (χ1v) is 6.25. The molecule has 18 heavy (non-hydrogen) atoms. The van der Waals surface area contributed by atoms with Gasteiger partial charge in [-0.25, -0.2) is 4.39 Å². The van der Waals surface area contributed by atoms with Gasteiger partial charge in [-0.3, -0.25) is 0 Å². The van der Waals surface area contributed by atoms with Gasteiger partial charge in [0.2, 0.25) is 0 Å². The van der Waals surface area contributed by atoms with E-state index in [1.54, 1.807) is 19.2 Å². The van der Waals surface area contributed by atoms with Gasteiger partial charge in [-0.15, -0.1) is 11.3 Å². The second kappa shape index (κ2) is 5.37. The highest BCUT2D eigenvalue weighted by molar-refractivity contribution is 7.10. The van der Waals surface area contributed by atoms with Crippen LogP contribution < -0.4 is 15.2 Å². The van der Waals surface area contributed by atoms with Gasteiger partial charge in [0, 0.05) is 11.6 Å². The summed E-state index contributed by atoms with van der Waals surface area (Å²) in [4.78, 5) is 0.807. The molecule has 1 aromatic carbocycles. The Morgan fingerprint density at radius 1 is 1.22 bits per heavy atom. The van der Waals surface area contributed by atoms with Crippen LogP contribution in [0.5, 0.6) is 11.5 Å². The Kier molecular flexibility index (Phi) is 3.84. The fraction of sp³-hybridized carbons (Fsp3) is 0.231. The smallest absolute Gasteiger partial charge is 0.134 e. The lowest BCUT2D eigenvalue weighted by Gasteiger charge is -2.14. The molecule has 2 rings (SSSR count). The van der Waals surface area contributed by atoms with Gasteiger partial charge >= 0.3 is 0 Å². The molecule has 0 bridgehead atoms. The molecule has 0 aliphatic heterocycles. The zero-order chi connectivity index (χ0) is 13.1. The van der Waals surface area contributed by atoms with Crippen LogP contribution in [0.3, 0.4) is 0 Å². The maximum absolute atomic E-state index is 13.9. The van der Waals surface area contributed by atoms with Crippen LogP contribution in [-0.2, 0) is 0 Å². The second-order valence-electron chi connectivity index (χ2n) is 3.72. The van der Waals surface area contributed by atoms with Gasteiger partial charge in [0.1, 0.15) is 17.3 Å². The molecule has 1 heterocycles. The number of hydrogen-bond donors (Lipinski definition) is 1. The second-order valence-corrected chi connectivity index (χ2v) is 4.67. The lowest BCUT2D eigenvalue weighted by Crippen LogP contribution is -2.13. The summed E-state index contributed by atoms with van der Waals surface area (Å²) in [5, 5.41) is 1.87. The number of thiophene rings is 1. The van der Waals surface area contributed by atoms with Gasteiger partial charge in [-0.1, -0.05) is 6.07 Å². The molecule has 1 atom stereocenters. The molecule has 0 amide bonds. The molecular formula is C13H14FNO2S. The molecule has 5 heteroatoms. The monoisotopic (exact) mass is 267 g/mol. The Balaban J connectivity index is 2.37. The number of hydrogen-bond acceptors (Lipinski definition) is 4. The highest BCUT2D eigenvalue weighted by Crippen LogP contribution is 2.34. The molecule has 2 N–H and O–H groups in total. The molecule has 1 unspecified atom stereocenters. The molecule has 3 nitrogen and oxygen atoms in total. The van der Waals surface area contributed by atoms with E-state index in [9.17, 15) is 4.39 Å².